The Morgan fingerprint density at radius 2 is 1.80 bits per heavy atom. The molecule has 1 saturated heterocycles. The molecule has 1 aliphatic heterocycles. The average molecular weight is 338 g/mol. The van der Waals surface area contributed by atoms with E-state index < -0.39 is 5.97 Å². The number of benzene rings is 1. The molecule has 0 bridgehead atoms. The predicted molar refractivity (Wildman–Crippen MR) is 95.3 cm³/mol. The molecule has 1 aromatic heterocycles. The van der Waals surface area contributed by atoms with Crippen LogP contribution in [0.5, 0.6) is 0 Å². The number of aromatic nitrogens is 1. The van der Waals surface area contributed by atoms with Gasteiger partial charge in [0.05, 0.1) is 11.3 Å². The number of hydrogen-bond acceptors (Lipinski definition) is 3. The van der Waals surface area contributed by atoms with Crippen molar-refractivity contribution in [2.24, 2.45) is 5.92 Å². The Labute approximate surface area is 147 Å². The maximum atomic E-state index is 11.4. The Bertz CT molecular complexity index is 763. The zero-order valence-corrected chi connectivity index (χ0v) is 14.3. The monoisotopic (exact) mass is 338 g/mol. The second-order valence-corrected chi connectivity index (χ2v) is 6.55. The number of aromatic carboxylic acids is 1. The minimum atomic E-state index is -0.926. The topological polar surface area (TPSA) is 70.5 Å². The lowest BCUT2D eigenvalue weighted by molar-refractivity contribution is -0.130. The molecule has 3 rings (SSSR count). The Morgan fingerprint density at radius 1 is 1.12 bits per heavy atom. The molecular weight excluding hydrogens is 316 g/mol. The van der Waals surface area contributed by atoms with Crippen molar-refractivity contribution in [1.29, 1.82) is 0 Å². The number of carboxylic acids is 1. The summed E-state index contributed by atoms with van der Waals surface area (Å²) in [6.45, 7) is 3.29. The van der Waals surface area contributed by atoms with Crippen LogP contribution in [0.4, 0.5) is 0 Å². The summed E-state index contributed by atoms with van der Waals surface area (Å²) in [6.07, 6.45) is 2.93. The summed E-state index contributed by atoms with van der Waals surface area (Å²) in [5, 5.41) is 8.99. The SMILES string of the molecule is CC(=O)N1CCC(Cc2cccc(-c3ccc(C(=O)O)cc3)n2)CC1. The lowest BCUT2D eigenvalue weighted by Crippen LogP contribution is -2.37. The maximum absolute atomic E-state index is 11.4. The van der Waals surface area contributed by atoms with Crippen molar-refractivity contribution < 1.29 is 14.7 Å². The molecule has 0 spiro atoms. The molecule has 0 atom stereocenters. The van der Waals surface area contributed by atoms with E-state index in [1.54, 1.807) is 31.2 Å². The van der Waals surface area contributed by atoms with Gasteiger partial charge in [-0.05, 0) is 49.4 Å². The van der Waals surface area contributed by atoms with Gasteiger partial charge in [-0.15, -0.1) is 0 Å². The summed E-state index contributed by atoms with van der Waals surface area (Å²) in [6, 6.07) is 12.8. The minimum absolute atomic E-state index is 0.156. The van der Waals surface area contributed by atoms with Crippen molar-refractivity contribution in [1.82, 2.24) is 9.88 Å². The number of hydrogen-bond donors (Lipinski definition) is 1. The van der Waals surface area contributed by atoms with Gasteiger partial charge < -0.3 is 10.0 Å². The van der Waals surface area contributed by atoms with E-state index in [1.165, 1.54) is 0 Å². The van der Waals surface area contributed by atoms with Gasteiger partial charge in [-0.2, -0.15) is 0 Å². The first-order chi connectivity index (χ1) is 12.0. The van der Waals surface area contributed by atoms with Gasteiger partial charge in [0.2, 0.25) is 5.91 Å². The lowest BCUT2D eigenvalue weighted by Gasteiger charge is -2.31. The highest BCUT2D eigenvalue weighted by atomic mass is 16.4. The van der Waals surface area contributed by atoms with Crippen LogP contribution in [0.15, 0.2) is 42.5 Å². The van der Waals surface area contributed by atoms with Crippen molar-refractivity contribution in [3.8, 4) is 11.3 Å². The zero-order chi connectivity index (χ0) is 17.8. The number of pyridine rings is 1. The van der Waals surface area contributed by atoms with Crippen molar-refractivity contribution in [3.63, 3.8) is 0 Å². The van der Waals surface area contributed by atoms with E-state index in [0.717, 1.165) is 49.3 Å². The van der Waals surface area contributed by atoms with E-state index in [4.69, 9.17) is 10.1 Å². The molecule has 1 fully saturated rings. The average Bonchev–Trinajstić information content (AvgIpc) is 2.62. The molecule has 5 nitrogen and oxygen atoms in total. The quantitative estimate of drug-likeness (QED) is 0.929. The molecule has 1 N–H and O–H groups in total. The number of amides is 1. The second-order valence-electron chi connectivity index (χ2n) is 6.55. The molecule has 2 aromatic rings. The van der Waals surface area contributed by atoms with Gasteiger partial charge in [-0.3, -0.25) is 9.78 Å². The number of carbonyl (C=O) groups excluding carboxylic acids is 1. The predicted octanol–water partition coefficient (Wildman–Crippen LogP) is 3.25. The maximum Gasteiger partial charge on any atom is 0.335 e. The first-order valence-corrected chi connectivity index (χ1v) is 8.58. The van der Waals surface area contributed by atoms with Gasteiger partial charge in [0.25, 0.3) is 0 Å². The van der Waals surface area contributed by atoms with Crippen molar-refractivity contribution in [3.05, 3.63) is 53.7 Å². The highest BCUT2D eigenvalue weighted by Crippen LogP contribution is 2.23. The summed E-state index contributed by atoms with van der Waals surface area (Å²) < 4.78 is 0. The number of rotatable bonds is 4. The van der Waals surface area contributed by atoms with Gasteiger partial charge in [0.15, 0.2) is 0 Å². The molecule has 2 heterocycles. The Kier molecular flexibility index (Phi) is 5.12. The van der Waals surface area contributed by atoms with Gasteiger partial charge >= 0.3 is 5.97 Å². The largest absolute Gasteiger partial charge is 0.478 e. The van der Waals surface area contributed by atoms with Crippen molar-refractivity contribution in [2.75, 3.05) is 13.1 Å². The van der Waals surface area contributed by atoms with E-state index in [1.807, 2.05) is 23.1 Å². The van der Waals surface area contributed by atoms with Gasteiger partial charge in [-0.25, -0.2) is 4.79 Å². The first kappa shape index (κ1) is 17.1. The molecule has 25 heavy (non-hydrogen) atoms. The molecule has 1 aliphatic rings. The fourth-order valence-electron chi connectivity index (χ4n) is 3.29. The number of nitrogens with zero attached hydrogens (tertiary/aromatic N) is 2. The summed E-state index contributed by atoms with van der Waals surface area (Å²) in [5.41, 5.74) is 3.09. The summed E-state index contributed by atoms with van der Waals surface area (Å²) in [4.78, 5) is 29.0. The lowest BCUT2D eigenvalue weighted by atomic mass is 9.92. The summed E-state index contributed by atoms with van der Waals surface area (Å²) in [7, 11) is 0. The molecule has 1 amide bonds. The normalized spacial score (nSPS) is 15.2. The van der Waals surface area contributed by atoms with Crippen LogP contribution < -0.4 is 0 Å². The Morgan fingerprint density at radius 3 is 2.40 bits per heavy atom. The summed E-state index contributed by atoms with van der Waals surface area (Å²) in [5.74, 6) is -0.221. The number of piperidine rings is 1. The Balaban J connectivity index is 1.67. The van der Waals surface area contributed by atoms with E-state index >= 15 is 0 Å². The van der Waals surface area contributed by atoms with Gasteiger partial charge in [0, 0.05) is 31.3 Å². The van der Waals surface area contributed by atoms with Crippen LogP contribution in [-0.2, 0) is 11.2 Å². The third kappa shape index (κ3) is 4.24. The molecule has 5 heteroatoms. The molecule has 0 radical (unpaired) electrons. The third-order valence-electron chi connectivity index (χ3n) is 4.79. The van der Waals surface area contributed by atoms with Crippen LogP contribution in [0, 0.1) is 5.92 Å². The highest BCUT2D eigenvalue weighted by molar-refractivity contribution is 5.88. The molecule has 1 aromatic carbocycles. The first-order valence-electron chi connectivity index (χ1n) is 8.58. The number of carbonyl (C=O) groups is 2. The molecule has 0 aliphatic carbocycles. The van der Waals surface area contributed by atoms with Crippen molar-refractivity contribution in [2.45, 2.75) is 26.2 Å². The van der Waals surface area contributed by atoms with E-state index in [2.05, 4.69) is 0 Å². The second kappa shape index (κ2) is 7.47. The van der Waals surface area contributed by atoms with Crippen LogP contribution >= 0.6 is 0 Å². The van der Waals surface area contributed by atoms with E-state index in [9.17, 15) is 9.59 Å². The molecule has 0 saturated carbocycles. The fraction of sp³-hybridized carbons (Fsp3) is 0.350. The highest BCUT2D eigenvalue weighted by Gasteiger charge is 2.21. The number of likely N-dealkylation sites (tertiary alicyclic amines) is 1. The van der Waals surface area contributed by atoms with Crippen LogP contribution in [-0.4, -0.2) is 40.0 Å². The smallest absolute Gasteiger partial charge is 0.335 e. The zero-order valence-electron chi connectivity index (χ0n) is 14.3. The third-order valence-corrected chi connectivity index (χ3v) is 4.79. The van der Waals surface area contributed by atoms with Crippen LogP contribution in [0.3, 0.4) is 0 Å². The molecule has 130 valence electrons. The van der Waals surface area contributed by atoms with Gasteiger partial charge in [0.1, 0.15) is 0 Å². The van der Waals surface area contributed by atoms with E-state index in [0.29, 0.717) is 5.92 Å². The molecular formula is C20H22N2O3. The van der Waals surface area contributed by atoms with Crippen LogP contribution in [0.1, 0.15) is 35.8 Å². The van der Waals surface area contributed by atoms with Crippen LogP contribution in [0.25, 0.3) is 11.3 Å². The molecule has 0 unspecified atom stereocenters. The fourth-order valence-corrected chi connectivity index (χ4v) is 3.29. The summed E-state index contributed by atoms with van der Waals surface area (Å²) >= 11 is 0. The van der Waals surface area contributed by atoms with Gasteiger partial charge in [-0.1, -0.05) is 18.2 Å². The van der Waals surface area contributed by atoms with Crippen LogP contribution in [0.2, 0.25) is 0 Å². The van der Waals surface area contributed by atoms with Crippen molar-refractivity contribution >= 4 is 11.9 Å². The van der Waals surface area contributed by atoms with E-state index in [-0.39, 0.29) is 11.5 Å². The standard InChI is InChI=1S/C20H22N2O3/c1-14(23)22-11-9-15(10-12-22)13-18-3-2-4-19(21-18)16-5-7-17(8-6-16)20(24)25/h2-8,15H,9-13H2,1H3,(H,24,25). The number of carboxylic acid groups (broad SMARTS) is 1. The minimum Gasteiger partial charge on any atom is -0.478 e. The Hall–Kier alpha value is -2.69.